The van der Waals surface area contributed by atoms with Crippen LogP contribution in [0, 0.1) is 0 Å². The zero-order chi connectivity index (χ0) is 16.1. The zero-order valence-corrected chi connectivity index (χ0v) is 14.4. The molecule has 3 fully saturated rings. The van der Waals surface area contributed by atoms with Crippen molar-refractivity contribution in [2.45, 2.75) is 76.0 Å². The summed E-state index contributed by atoms with van der Waals surface area (Å²) in [7, 11) is 0. The number of aliphatic hydroxyl groups excluding tert-OH is 1. The second-order valence-corrected chi connectivity index (χ2v) is 7.63. The average Bonchev–Trinajstić information content (AvgIpc) is 2.57. The third-order valence-electron chi connectivity index (χ3n) is 5.91. The predicted octanol–water partition coefficient (Wildman–Crippen LogP) is 1.36. The summed E-state index contributed by atoms with van der Waals surface area (Å²) in [6.45, 7) is 4.40. The van der Waals surface area contributed by atoms with Crippen LogP contribution in [0.25, 0.3) is 0 Å². The third-order valence-corrected chi connectivity index (χ3v) is 5.91. The Balaban J connectivity index is 1.37. The Kier molecular flexibility index (Phi) is 6.31. The van der Waals surface area contributed by atoms with E-state index in [9.17, 15) is 9.90 Å². The van der Waals surface area contributed by atoms with Crippen LogP contribution in [0.3, 0.4) is 0 Å². The van der Waals surface area contributed by atoms with Crippen molar-refractivity contribution in [2.75, 3.05) is 32.7 Å². The highest BCUT2D eigenvalue weighted by Crippen LogP contribution is 2.24. The molecule has 0 spiro atoms. The second kappa shape index (κ2) is 8.45. The summed E-state index contributed by atoms with van der Waals surface area (Å²) >= 11 is 0. The molecule has 2 aliphatic carbocycles. The van der Waals surface area contributed by atoms with Crippen LogP contribution >= 0.6 is 0 Å². The Hall–Kier alpha value is -0.650. The van der Waals surface area contributed by atoms with E-state index in [1.165, 1.54) is 32.1 Å². The van der Waals surface area contributed by atoms with E-state index in [1.807, 2.05) is 0 Å². The number of aliphatic hydroxyl groups is 1. The van der Waals surface area contributed by atoms with E-state index in [4.69, 9.17) is 0 Å². The molecule has 23 heavy (non-hydrogen) atoms. The summed E-state index contributed by atoms with van der Waals surface area (Å²) in [5.41, 5.74) is 0. The van der Waals surface area contributed by atoms with Crippen LogP contribution in [0.1, 0.15) is 57.8 Å². The summed E-state index contributed by atoms with van der Waals surface area (Å²) < 4.78 is 0. The Morgan fingerprint density at radius 2 is 1.57 bits per heavy atom. The van der Waals surface area contributed by atoms with Gasteiger partial charge in [0.1, 0.15) is 0 Å². The van der Waals surface area contributed by atoms with Crippen LogP contribution in [-0.4, -0.2) is 71.7 Å². The Morgan fingerprint density at radius 3 is 2.26 bits per heavy atom. The van der Waals surface area contributed by atoms with Gasteiger partial charge in [-0.3, -0.25) is 14.6 Å². The standard InChI is InChI=1S/C18H33N3O2/c22-17-9-5-4-8-16(17)21-12-10-20(11-13-21)14-18(23)19-15-6-2-1-3-7-15/h15-17,22H,1-14H2,(H,19,23). The number of nitrogens with zero attached hydrogens (tertiary/aromatic N) is 2. The van der Waals surface area contributed by atoms with Gasteiger partial charge in [-0.2, -0.15) is 0 Å². The number of piperazine rings is 1. The molecule has 2 N–H and O–H groups in total. The zero-order valence-electron chi connectivity index (χ0n) is 14.4. The molecule has 0 aromatic rings. The predicted molar refractivity (Wildman–Crippen MR) is 91.3 cm³/mol. The Bertz CT molecular complexity index is 376. The van der Waals surface area contributed by atoms with Gasteiger partial charge in [0.25, 0.3) is 0 Å². The van der Waals surface area contributed by atoms with Gasteiger partial charge in [0, 0.05) is 38.3 Å². The maximum atomic E-state index is 12.2. The van der Waals surface area contributed by atoms with Crippen molar-refractivity contribution >= 4 is 5.91 Å². The molecule has 0 radical (unpaired) electrons. The highest BCUT2D eigenvalue weighted by Gasteiger charge is 2.31. The third kappa shape index (κ3) is 4.91. The van der Waals surface area contributed by atoms with Gasteiger partial charge >= 0.3 is 0 Å². The Morgan fingerprint density at radius 1 is 0.913 bits per heavy atom. The van der Waals surface area contributed by atoms with Crippen LogP contribution in [-0.2, 0) is 4.79 Å². The quantitative estimate of drug-likeness (QED) is 0.820. The van der Waals surface area contributed by atoms with Gasteiger partial charge in [-0.15, -0.1) is 0 Å². The number of amides is 1. The number of rotatable bonds is 4. The van der Waals surface area contributed by atoms with Crippen LogP contribution in [0.5, 0.6) is 0 Å². The molecule has 132 valence electrons. The number of hydrogen-bond donors (Lipinski definition) is 2. The minimum atomic E-state index is -0.148. The largest absolute Gasteiger partial charge is 0.391 e. The van der Waals surface area contributed by atoms with Crippen LogP contribution in [0.2, 0.25) is 0 Å². The summed E-state index contributed by atoms with van der Waals surface area (Å²) in [5.74, 6) is 0.197. The van der Waals surface area contributed by atoms with Crippen molar-refractivity contribution in [1.82, 2.24) is 15.1 Å². The first-order chi connectivity index (χ1) is 11.2. The highest BCUT2D eigenvalue weighted by atomic mass is 16.3. The molecule has 3 rings (SSSR count). The molecule has 0 bridgehead atoms. The van der Waals surface area contributed by atoms with Gasteiger partial charge in [-0.05, 0) is 25.7 Å². The van der Waals surface area contributed by atoms with E-state index in [0.717, 1.165) is 51.9 Å². The van der Waals surface area contributed by atoms with Crippen LogP contribution < -0.4 is 5.32 Å². The molecule has 1 heterocycles. The minimum absolute atomic E-state index is 0.148. The molecule has 2 unspecified atom stereocenters. The molecular formula is C18H33N3O2. The lowest BCUT2D eigenvalue weighted by atomic mass is 9.91. The lowest BCUT2D eigenvalue weighted by Gasteiger charge is -2.42. The van der Waals surface area contributed by atoms with E-state index < -0.39 is 0 Å². The summed E-state index contributed by atoms with van der Waals surface area (Å²) in [6, 6.07) is 0.761. The van der Waals surface area contributed by atoms with Gasteiger partial charge in [0.2, 0.25) is 5.91 Å². The van der Waals surface area contributed by atoms with Gasteiger partial charge < -0.3 is 10.4 Å². The molecule has 0 aromatic carbocycles. The number of carbonyl (C=O) groups is 1. The van der Waals surface area contributed by atoms with E-state index in [2.05, 4.69) is 15.1 Å². The van der Waals surface area contributed by atoms with Gasteiger partial charge in [0.15, 0.2) is 0 Å². The number of carbonyl (C=O) groups excluding carboxylic acids is 1. The summed E-state index contributed by atoms with van der Waals surface area (Å²) in [4.78, 5) is 16.9. The maximum Gasteiger partial charge on any atom is 0.234 e. The molecule has 2 atom stereocenters. The first kappa shape index (κ1) is 17.2. The van der Waals surface area contributed by atoms with Crippen LogP contribution in [0.4, 0.5) is 0 Å². The molecular weight excluding hydrogens is 290 g/mol. The van der Waals surface area contributed by atoms with E-state index in [0.29, 0.717) is 18.6 Å². The van der Waals surface area contributed by atoms with E-state index in [-0.39, 0.29) is 12.0 Å². The van der Waals surface area contributed by atoms with Gasteiger partial charge in [-0.25, -0.2) is 0 Å². The van der Waals surface area contributed by atoms with E-state index in [1.54, 1.807) is 0 Å². The second-order valence-electron chi connectivity index (χ2n) is 7.63. The number of hydrogen-bond acceptors (Lipinski definition) is 4. The van der Waals surface area contributed by atoms with Crippen molar-refractivity contribution in [2.24, 2.45) is 0 Å². The first-order valence-corrected chi connectivity index (χ1v) is 9.66. The average molecular weight is 323 g/mol. The van der Waals surface area contributed by atoms with Crippen molar-refractivity contribution in [3.05, 3.63) is 0 Å². The van der Waals surface area contributed by atoms with E-state index >= 15 is 0 Å². The molecule has 2 saturated carbocycles. The summed E-state index contributed by atoms with van der Waals surface area (Å²) in [5, 5.41) is 13.4. The maximum absolute atomic E-state index is 12.2. The SMILES string of the molecule is O=C(CN1CCN(C2CCCCC2O)CC1)NC1CCCCC1. The highest BCUT2D eigenvalue weighted by molar-refractivity contribution is 5.78. The molecule has 3 aliphatic rings. The van der Waals surface area contributed by atoms with Crippen molar-refractivity contribution in [1.29, 1.82) is 0 Å². The molecule has 5 nitrogen and oxygen atoms in total. The fraction of sp³-hybridized carbons (Fsp3) is 0.944. The van der Waals surface area contributed by atoms with Crippen LogP contribution in [0.15, 0.2) is 0 Å². The van der Waals surface area contributed by atoms with Gasteiger partial charge in [-0.1, -0.05) is 32.1 Å². The fourth-order valence-corrected chi connectivity index (χ4v) is 4.49. The van der Waals surface area contributed by atoms with Gasteiger partial charge in [0.05, 0.1) is 12.6 Å². The van der Waals surface area contributed by atoms with Crippen molar-refractivity contribution < 1.29 is 9.90 Å². The summed E-state index contributed by atoms with van der Waals surface area (Å²) in [6.07, 6.45) is 10.5. The molecule has 1 aliphatic heterocycles. The first-order valence-electron chi connectivity index (χ1n) is 9.66. The molecule has 1 amide bonds. The minimum Gasteiger partial charge on any atom is -0.391 e. The number of nitrogens with one attached hydrogen (secondary N) is 1. The Labute approximate surface area is 140 Å². The van der Waals surface area contributed by atoms with Crippen molar-refractivity contribution in [3.63, 3.8) is 0 Å². The fourth-order valence-electron chi connectivity index (χ4n) is 4.49. The lowest BCUT2D eigenvalue weighted by Crippen LogP contribution is -2.56. The normalized spacial score (nSPS) is 31.9. The molecule has 0 aromatic heterocycles. The molecule has 1 saturated heterocycles. The smallest absolute Gasteiger partial charge is 0.234 e. The molecule has 5 heteroatoms. The monoisotopic (exact) mass is 323 g/mol. The van der Waals surface area contributed by atoms with Crippen molar-refractivity contribution in [3.8, 4) is 0 Å². The topological polar surface area (TPSA) is 55.8 Å². The lowest BCUT2D eigenvalue weighted by molar-refractivity contribution is -0.123.